The number of aromatic amines is 1. The van der Waals surface area contributed by atoms with E-state index >= 15 is 0 Å². The van der Waals surface area contributed by atoms with Gasteiger partial charge in [0.05, 0.1) is 5.56 Å². The van der Waals surface area contributed by atoms with Gasteiger partial charge in [-0.15, -0.1) is 0 Å². The third-order valence-electron chi connectivity index (χ3n) is 5.17. The number of para-hydroxylation sites is 1. The number of carbonyl (C=O) groups excluding carboxylic acids is 2. The standard InChI is InChI=1S/C22H22N2O4/c1-13-19(15-6-4-5-7-16(15)24-13)20(25)21(26)23-11-22(2,3)14-8-9-17-18(10-14)28-12-27-17/h4-10,24H,11-12H2,1-3H3,(H,23,26). The number of aromatic nitrogens is 1. The molecular weight excluding hydrogens is 356 g/mol. The molecule has 0 aliphatic carbocycles. The molecule has 1 aliphatic rings. The summed E-state index contributed by atoms with van der Waals surface area (Å²) in [4.78, 5) is 28.5. The average molecular weight is 378 g/mol. The summed E-state index contributed by atoms with van der Waals surface area (Å²) >= 11 is 0. The van der Waals surface area contributed by atoms with E-state index in [-0.39, 0.29) is 12.2 Å². The summed E-state index contributed by atoms with van der Waals surface area (Å²) < 4.78 is 10.8. The van der Waals surface area contributed by atoms with Gasteiger partial charge in [0.25, 0.3) is 11.7 Å². The summed E-state index contributed by atoms with van der Waals surface area (Å²) in [6, 6.07) is 13.2. The van der Waals surface area contributed by atoms with Crippen LogP contribution >= 0.6 is 0 Å². The van der Waals surface area contributed by atoms with Crippen molar-refractivity contribution in [3.63, 3.8) is 0 Å². The second kappa shape index (κ2) is 6.71. The van der Waals surface area contributed by atoms with Crippen LogP contribution in [-0.4, -0.2) is 30.0 Å². The van der Waals surface area contributed by atoms with E-state index in [1.807, 2.05) is 56.3 Å². The van der Waals surface area contributed by atoms with Gasteiger partial charge in [-0.25, -0.2) is 0 Å². The number of H-pyrrole nitrogens is 1. The third kappa shape index (κ3) is 3.11. The highest BCUT2D eigenvalue weighted by molar-refractivity contribution is 6.45. The van der Waals surface area contributed by atoms with Crippen LogP contribution in [0.15, 0.2) is 42.5 Å². The Balaban J connectivity index is 1.50. The van der Waals surface area contributed by atoms with Crippen LogP contribution in [0.5, 0.6) is 11.5 Å². The van der Waals surface area contributed by atoms with Crippen LogP contribution in [0.2, 0.25) is 0 Å². The number of ketones is 1. The molecule has 2 aromatic carbocycles. The van der Waals surface area contributed by atoms with Crippen molar-refractivity contribution in [2.75, 3.05) is 13.3 Å². The Morgan fingerprint density at radius 2 is 1.86 bits per heavy atom. The maximum Gasteiger partial charge on any atom is 0.292 e. The van der Waals surface area contributed by atoms with Crippen LogP contribution in [0.25, 0.3) is 10.9 Å². The summed E-state index contributed by atoms with van der Waals surface area (Å²) in [5.41, 5.74) is 2.57. The van der Waals surface area contributed by atoms with E-state index < -0.39 is 11.7 Å². The maximum atomic E-state index is 12.8. The number of amides is 1. The van der Waals surface area contributed by atoms with Crippen LogP contribution in [0.4, 0.5) is 0 Å². The molecule has 2 N–H and O–H groups in total. The first-order valence-corrected chi connectivity index (χ1v) is 9.17. The lowest BCUT2D eigenvalue weighted by atomic mass is 9.84. The van der Waals surface area contributed by atoms with Gasteiger partial charge in [-0.3, -0.25) is 9.59 Å². The SMILES string of the molecule is Cc1[nH]c2ccccc2c1C(=O)C(=O)NCC(C)(C)c1ccc2c(c1)OCO2. The van der Waals surface area contributed by atoms with Crippen LogP contribution in [0.3, 0.4) is 0 Å². The quantitative estimate of drug-likeness (QED) is 0.526. The smallest absolute Gasteiger partial charge is 0.292 e. The topological polar surface area (TPSA) is 80.4 Å². The number of rotatable bonds is 5. The molecule has 0 unspecified atom stereocenters. The highest BCUT2D eigenvalue weighted by Crippen LogP contribution is 2.36. The number of Topliss-reactive ketones (excluding diaryl/α,β-unsaturated/α-hetero) is 1. The fourth-order valence-electron chi connectivity index (χ4n) is 3.48. The molecule has 2 heterocycles. The first kappa shape index (κ1) is 18.1. The number of hydrogen-bond donors (Lipinski definition) is 2. The lowest BCUT2D eigenvalue weighted by molar-refractivity contribution is -0.117. The van der Waals surface area contributed by atoms with Crippen molar-refractivity contribution >= 4 is 22.6 Å². The maximum absolute atomic E-state index is 12.8. The van der Waals surface area contributed by atoms with E-state index in [1.165, 1.54) is 0 Å². The average Bonchev–Trinajstić information content (AvgIpc) is 3.28. The molecule has 0 radical (unpaired) electrons. The molecule has 1 amide bonds. The van der Waals surface area contributed by atoms with Gasteiger partial charge in [-0.05, 0) is 30.7 Å². The molecule has 1 aliphatic heterocycles. The molecule has 144 valence electrons. The van der Waals surface area contributed by atoms with Crippen molar-refractivity contribution in [1.29, 1.82) is 0 Å². The summed E-state index contributed by atoms with van der Waals surface area (Å²) in [6.45, 7) is 6.35. The molecule has 6 nitrogen and oxygen atoms in total. The van der Waals surface area contributed by atoms with Gasteiger partial charge in [0.2, 0.25) is 6.79 Å². The molecule has 0 bridgehead atoms. The summed E-state index contributed by atoms with van der Waals surface area (Å²) in [7, 11) is 0. The highest BCUT2D eigenvalue weighted by Gasteiger charge is 2.27. The first-order valence-electron chi connectivity index (χ1n) is 9.17. The Morgan fingerprint density at radius 3 is 2.68 bits per heavy atom. The Morgan fingerprint density at radius 1 is 1.11 bits per heavy atom. The second-order valence-corrected chi connectivity index (χ2v) is 7.63. The third-order valence-corrected chi connectivity index (χ3v) is 5.17. The summed E-state index contributed by atoms with van der Waals surface area (Å²) in [6.07, 6.45) is 0. The molecular formula is C22H22N2O4. The zero-order chi connectivity index (χ0) is 19.9. The monoisotopic (exact) mass is 378 g/mol. The Kier molecular flexibility index (Phi) is 4.34. The van der Waals surface area contributed by atoms with Crippen molar-refractivity contribution in [1.82, 2.24) is 10.3 Å². The van der Waals surface area contributed by atoms with Crippen LogP contribution < -0.4 is 14.8 Å². The molecule has 0 saturated carbocycles. The number of benzene rings is 2. The van der Waals surface area contributed by atoms with Gasteiger partial charge in [-0.1, -0.05) is 38.1 Å². The van der Waals surface area contributed by atoms with Gasteiger partial charge in [0, 0.05) is 28.6 Å². The Labute approximate surface area is 162 Å². The molecule has 0 spiro atoms. The van der Waals surface area contributed by atoms with E-state index in [2.05, 4.69) is 10.3 Å². The second-order valence-electron chi connectivity index (χ2n) is 7.63. The number of nitrogens with one attached hydrogen (secondary N) is 2. The van der Waals surface area contributed by atoms with Crippen molar-refractivity contribution in [2.45, 2.75) is 26.2 Å². The number of aryl methyl sites for hydroxylation is 1. The van der Waals surface area contributed by atoms with Crippen LogP contribution in [0.1, 0.15) is 35.5 Å². The lowest BCUT2D eigenvalue weighted by Crippen LogP contribution is -2.40. The predicted octanol–water partition coefficient (Wildman–Crippen LogP) is 3.48. The molecule has 3 aromatic rings. The molecule has 0 atom stereocenters. The minimum Gasteiger partial charge on any atom is -0.454 e. The van der Waals surface area contributed by atoms with Crippen LogP contribution in [-0.2, 0) is 10.2 Å². The summed E-state index contributed by atoms with van der Waals surface area (Å²) in [5, 5.41) is 3.55. The van der Waals surface area contributed by atoms with Crippen LogP contribution in [0, 0.1) is 6.92 Å². The predicted molar refractivity (Wildman–Crippen MR) is 106 cm³/mol. The van der Waals surface area contributed by atoms with E-state index in [1.54, 1.807) is 6.92 Å². The normalized spacial score (nSPS) is 13.0. The van der Waals surface area contributed by atoms with Crippen molar-refractivity contribution in [3.8, 4) is 11.5 Å². The van der Waals surface area contributed by atoms with Gasteiger partial charge in [-0.2, -0.15) is 0 Å². The van der Waals surface area contributed by atoms with Gasteiger partial charge in [0.1, 0.15) is 0 Å². The number of fused-ring (bicyclic) bond motifs is 2. The van der Waals surface area contributed by atoms with Crippen molar-refractivity contribution in [3.05, 3.63) is 59.3 Å². The number of carbonyl (C=O) groups is 2. The zero-order valence-electron chi connectivity index (χ0n) is 16.1. The lowest BCUT2D eigenvalue weighted by Gasteiger charge is -2.25. The largest absolute Gasteiger partial charge is 0.454 e. The van der Waals surface area contributed by atoms with Gasteiger partial charge >= 0.3 is 0 Å². The Bertz CT molecular complexity index is 1080. The van der Waals surface area contributed by atoms with Crippen molar-refractivity contribution < 1.29 is 19.1 Å². The minimum atomic E-state index is -0.610. The van der Waals surface area contributed by atoms with Gasteiger partial charge in [0.15, 0.2) is 11.5 Å². The highest BCUT2D eigenvalue weighted by atomic mass is 16.7. The fraction of sp³-hybridized carbons (Fsp3) is 0.273. The molecule has 0 saturated heterocycles. The van der Waals surface area contributed by atoms with E-state index in [0.29, 0.717) is 29.3 Å². The molecule has 0 fully saturated rings. The molecule has 6 heteroatoms. The minimum absolute atomic E-state index is 0.217. The number of ether oxygens (including phenoxy) is 2. The molecule has 28 heavy (non-hydrogen) atoms. The van der Waals surface area contributed by atoms with E-state index in [9.17, 15) is 9.59 Å². The zero-order valence-corrected chi connectivity index (χ0v) is 16.1. The Hall–Kier alpha value is -3.28. The molecule has 4 rings (SSSR count). The first-order chi connectivity index (χ1) is 13.4. The summed E-state index contributed by atoms with van der Waals surface area (Å²) in [5.74, 6) is 0.272. The van der Waals surface area contributed by atoms with Gasteiger partial charge < -0.3 is 19.8 Å². The molecule has 1 aromatic heterocycles. The fourth-order valence-corrected chi connectivity index (χ4v) is 3.48. The van der Waals surface area contributed by atoms with Crippen molar-refractivity contribution in [2.24, 2.45) is 0 Å². The number of hydrogen-bond acceptors (Lipinski definition) is 4. The van der Waals surface area contributed by atoms with E-state index in [0.717, 1.165) is 16.5 Å². The van der Waals surface area contributed by atoms with E-state index in [4.69, 9.17) is 9.47 Å².